The molecule has 0 atom stereocenters. The van der Waals surface area contributed by atoms with Crippen LogP contribution in [0.25, 0.3) is 19.5 Å². The van der Waals surface area contributed by atoms with Crippen molar-refractivity contribution in [3.8, 4) is 19.5 Å². The molecule has 180 valence electrons. The van der Waals surface area contributed by atoms with E-state index in [1.807, 2.05) is 12.1 Å². The van der Waals surface area contributed by atoms with Gasteiger partial charge in [0.25, 0.3) is 11.8 Å². The fraction of sp³-hybridized carbons (Fsp3) is 0.348. The number of thiophene rings is 3. The Balaban J connectivity index is 1.31. The second kappa shape index (κ2) is 11.8. The average Bonchev–Trinajstić information content (AvgIpc) is 3.62. The Labute approximate surface area is 208 Å². The Morgan fingerprint density at radius 1 is 0.824 bits per heavy atom. The average molecular weight is 522 g/mol. The number of methoxy groups -OCH3 is 1. The van der Waals surface area contributed by atoms with Crippen LogP contribution >= 0.6 is 34.0 Å². The molecule has 0 spiro atoms. The third-order valence-corrected chi connectivity index (χ3v) is 8.52. The zero-order valence-electron chi connectivity index (χ0n) is 18.4. The van der Waals surface area contributed by atoms with Crippen LogP contribution in [0.1, 0.15) is 27.4 Å². The Kier molecular flexibility index (Phi) is 8.59. The number of rotatable bonds is 12. The van der Waals surface area contributed by atoms with Gasteiger partial charge in [-0.1, -0.05) is 0 Å². The van der Waals surface area contributed by atoms with Crippen molar-refractivity contribution in [3.63, 3.8) is 0 Å². The summed E-state index contributed by atoms with van der Waals surface area (Å²) in [4.78, 5) is 46.5. The summed E-state index contributed by atoms with van der Waals surface area (Å²) in [5, 5.41) is 0.568. The van der Waals surface area contributed by atoms with Crippen LogP contribution in [-0.4, -0.2) is 56.6 Å². The number of ether oxygens (including phenoxy) is 3. The Hall–Kier alpha value is -2.41. The molecule has 1 fully saturated rings. The van der Waals surface area contributed by atoms with Crippen LogP contribution in [0.2, 0.25) is 0 Å². The van der Waals surface area contributed by atoms with Crippen molar-refractivity contribution in [2.75, 3.05) is 33.7 Å². The van der Waals surface area contributed by atoms with Crippen LogP contribution in [0.4, 0.5) is 0 Å². The molecule has 34 heavy (non-hydrogen) atoms. The van der Waals surface area contributed by atoms with Crippen molar-refractivity contribution in [2.45, 2.75) is 19.3 Å². The van der Waals surface area contributed by atoms with E-state index in [1.165, 1.54) is 21.1 Å². The zero-order valence-corrected chi connectivity index (χ0v) is 20.9. The third kappa shape index (κ3) is 6.17. The van der Waals surface area contributed by atoms with E-state index in [4.69, 9.17) is 19.0 Å². The summed E-state index contributed by atoms with van der Waals surface area (Å²) in [5.41, 5.74) is 0. The molecule has 0 aliphatic carbocycles. The van der Waals surface area contributed by atoms with Crippen molar-refractivity contribution in [3.05, 3.63) is 46.2 Å². The lowest BCUT2D eigenvalue weighted by molar-refractivity contribution is -0.172. The van der Waals surface area contributed by atoms with Gasteiger partial charge in [0, 0.05) is 50.8 Å². The van der Waals surface area contributed by atoms with Gasteiger partial charge in [-0.25, -0.2) is 4.79 Å². The summed E-state index contributed by atoms with van der Waals surface area (Å²) in [6.45, 7) is 1.92. The lowest BCUT2D eigenvalue weighted by atomic mass is 10.3. The number of imide groups is 1. The highest BCUT2D eigenvalue weighted by atomic mass is 32.1. The summed E-state index contributed by atoms with van der Waals surface area (Å²) in [5.74, 6) is -1.68. The van der Waals surface area contributed by atoms with Gasteiger partial charge >= 0.3 is 5.97 Å². The first-order chi connectivity index (χ1) is 16.5. The summed E-state index contributed by atoms with van der Waals surface area (Å²) in [7, 11) is 1.63. The second-order valence-corrected chi connectivity index (χ2v) is 10.6. The van der Waals surface area contributed by atoms with Gasteiger partial charge in [0.1, 0.15) is 11.7 Å². The van der Waals surface area contributed by atoms with Gasteiger partial charge in [0.05, 0.1) is 19.8 Å². The lowest BCUT2D eigenvalue weighted by Crippen LogP contribution is -2.31. The molecule has 3 aromatic heterocycles. The quantitative estimate of drug-likeness (QED) is 0.195. The fourth-order valence-electron chi connectivity index (χ4n) is 3.11. The van der Waals surface area contributed by atoms with Crippen molar-refractivity contribution < 1.29 is 33.4 Å². The SMILES string of the molecule is COCCOCOCCc1ccc(-c2ccc(-c3ccc(C(=O)ON4C(=O)CCC4=O)s3)s2)s1. The molecule has 0 bridgehead atoms. The van der Waals surface area contributed by atoms with Crippen LogP contribution in [0.15, 0.2) is 36.4 Å². The third-order valence-electron chi connectivity index (χ3n) is 4.83. The van der Waals surface area contributed by atoms with E-state index in [1.54, 1.807) is 35.8 Å². The van der Waals surface area contributed by atoms with E-state index < -0.39 is 17.8 Å². The maximum Gasteiger partial charge on any atom is 0.373 e. The molecule has 4 rings (SSSR count). The molecule has 2 amide bonds. The number of hydroxylamine groups is 2. The van der Waals surface area contributed by atoms with E-state index in [0.29, 0.717) is 29.8 Å². The zero-order chi connectivity index (χ0) is 23.9. The molecule has 3 aromatic rings. The number of carbonyl (C=O) groups is 3. The van der Waals surface area contributed by atoms with E-state index in [9.17, 15) is 14.4 Å². The Morgan fingerprint density at radius 3 is 2.18 bits per heavy atom. The van der Waals surface area contributed by atoms with Crippen LogP contribution in [0, 0.1) is 0 Å². The predicted octanol–water partition coefficient (Wildman–Crippen LogP) is 4.61. The summed E-state index contributed by atoms with van der Waals surface area (Å²) in [6.07, 6.45) is 0.954. The van der Waals surface area contributed by atoms with E-state index in [2.05, 4.69) is 18.2 Å². The number of amides is 2. The van der Waals surface area contributed by atoms with Crippen molar-refractivity contribution in [1.29, 1.82) is 0 Å². The molecule has 4 heterocycles. The Bertz CT molecular complexity index is 1130. The molecule has 1 aliphatic heterocycles. The minimum Gasteiger partial charge on any atom is -0.382 e. The molecule has 0 aromatic carbocycles. The fourth-order valence-corrected chi connectivity index (χ4v) is 6.16. The normalized spacial score (nSPS) is 13.7. The van der Waals surface area contributed by atoms with Gasteiger partial charge in [0.2, 0.25) is 0 Å². The summed E-state index contributed by atoms with van der Waals surface area (Å²) >= 11 is 4.63. The summed E-state index contributed by atoms with van der Waals surface area (Å²) < 4.78 is 15.7. The van der Waals surface area contributed by atoms with Crippen LogP contribution in [0.3, 0.4) is 0 Å². The largest absolute Gasteiger partial charge is 0.382 e. The predicted molar refractivity (Wildman–Crippen MR) is 130 cm³/mol. The standard InChI is InChI=1S/C23H23NO7S3/c1-28-12-13-30-14-29-11-10-15-2-3-16(32-15)17-4-5-18(33-17)19-6-7-20(34-19)23(27)31-24-21(25)8-9-22(24)26/h2-7H,8-14H2,1H3. The summed E-state index contributed by atoms with van der Waals surface area (Å²) in [6, 6.07) is 11.8. The molecule has 0 saturated carbocycles. The number of hydrogen-bond donors (Lipinski definition) is 0. The molecule has 8 nitrogen and oxygen atoms in total. The number of carbonyl (C=O) groups excluding carboxylic acids is 3. The molecular formula is C23H23NO7S3. The first-order valence-corrected chi connectivity index (χ1v) is 13.0. The van der Waals surface area contributed by atoms with E-state index >= 15 is 0 Å². The van der Waals surface area contributed by atoms with Crippen LogP contribution < -0.4 is 0 Å². The van der Waals surface area contributed by atoms with Crippen molar-refractivity contribution >= 4 is 51.8 Å². The number of hydrogen-bond acceptors (Lipinski definition) is 10. The lowest BCUT2D eigenvalue weighted by Gasteiger charge is -2.11. The monoisotopic (exact) mass is 521 g/mol. The van der Waals surface area contributed by atoms with E-state index in [0.717, 1.165) is 21.1 Å². The Morgan fingerprint density at radius 2 is 1.44 bits per heavy atom. The first kappa shape index (κ1) is 24.7. The maximum absolute atomic E-state index is 12.4. The topological polar surface area (TPSA) is 91.4 Å². The highest BCUT2D eigenvalue weighted by molar-refractivity contribution is 7.26. The molecule has 0 unspecified atom stereocenters. The van der Waals surface area contributed by atoms with Crippen molar-refractivity contribution in [2.24, 2.45) is 0 Å². The second-order valence-electron chi connectivity index (χ2n) is 7.23. The van der Waals surface area contributed by atoms with Gasteiger partial charge < -0.3 is 19.0 Å². The smallest absolute Gasteiger partial charge is 0.373 e. The minimum atomic E-state index is -0.703. The van der Waals surface area contributed by atoms with Gasteiger partial charge in [-0.3, -0.25) is 9.59 Å². The molecule has 1 aliphatic rings. The highest BCUT2D eigenvalue weighted by Crippen LogP contribution is 2.40. The van der Waals surface area contributed by atoms with E-state index in [-0.39, 0.29) is 19.6 Å². The molecule has 0 radical (unpaired) electrons. The van der Waals surface area contributed by atoms with Gasteiger partial charge in [-0.2, -0.15) is 0 Å². The van der Waals surface area contributed by atoms with Gasteiger partial charge in [0.15, 0.2) is 0 Å². The van der Waals surface area contributed by atoms with Crippen LogP contribution in [0.5, 0.6) is 0 Å². The number of nitrogens with zero attached hydrogens (tertiary/aromatic N) is 1. The maximum atomic E-state index is 12.4. The highest BCUT2D eigenvalue weighted by Gasteiger charge is 2.33. The molecule has 0 N–H and O–H groups in total. The van der Waals surface area contributed by atoms with Gasteiger partial charge in [-0.05, 0) is 36.4 Å². The molecule has 11 heteroatoms. The minimum absolute atomic E-state index is 0.0700. The van der Waals surface area contributed by atoms with Crippen molar-refractivity contribution in [1.82, 2.24) is 5.06 Å². The molecule has 1 saturated heterocycles. The van der Waals surface area contributed by atoms with Crippen LogP contribution in [-0.2, 0) is 35.1 Å². The first-order valence-electron chi connectivity index (χ1n) is 10.6. The molecular weight excluding hydrogens is 498 g/mol. The van der Waals surface area contributed by atoms with Gasteiger partial charge in [-0.15, -0.1) is 39.1 Å².